The number of carbonyl (C=O) groups is 1. The van der Waals surface area contributed by atoms with Crippen molar-refractivity contribution in [3.05, 3.63) is 41.1 Å². The van der Waals surface area contributed by atoms with Gasteiger partial charge in [-0.25, -0.2) is 4.98 Å². The normalized spacial score (nSPS) is 15.4. The fraction of sp³-hybridized carbons (Fsp3) is 0.480. The zero-order chi connectivity index (χ0) is 23.3. The molecule has 1 heterocycles. The van der Waals surface area contributed by atoms with E-state index in [1.807, 2.05) is 6.07 Å². The summed E-state index contributed by atoms with van der Waals surface area (Å²) in [7, 11) is 3.13. The second kappa shape index (κ2) is 10.3. The van der Waals surface area contributed by atoms with Crippen molar-refractivity contribution in [2.75, 3.05) is 25.3 Å². The molecule has 7 heteroatoms. The van der Waals surface area contributed by atoms with Crippen LogP contribution in [-0.4, -0.2) is 30.9 Å². The third kappa shape index (κ3) is 5.74. The smallest absolute Gasteiger partial charge is 0.225 e. The Morgan fingerprint density at radius 1 is 1.28 bits per heavy atom. The van der Waals surface area contributed by atoms with Crippen LogP contribution in [0.3, 0.4) is 0 Å². The molecule has 0 saturated carbocycles. The van der Waals surface area contributed by atoms with Gasteiger partial charge in [0.25, 0.3) is 0 Å². The van der Waals surface area contributed by atoms with E-state index in [0.29, 0.717) is 45.9 Å². The SMILES string of the molecule is COc1ccc(OC)c(NC(=O)CCSc2nc3c(cc2C#N)CC(C(C)(C)C)CC3)c1. The molecule has 1 atom stereocenters. The molecular formula is C25H31N3O3S. The molecule has 0 spiro atoms. The summed E-state index contributed by atoms with van der Waals surface area (Å²) in [5, 5.41) is 13.2. The second-order valence-corrected chi connectivity index (χ2v) is 10.2. The third-order valence-electron chi connectivity index (χ3n) is 5.95. The maximum atomic E-state index is 12.5. The van der Waals surface area contributed by atoms with Crippen molar-refractivity contribution in [1.82, 2.24) is 4.98 Å². The van der Waals surface area contributed by atoms with E-state index < -0.39 is 0 Å². The Bertz CT molecular complexity index is 1020. The average molecular weight is 454 g/mol. The van der Waals surface area contributed by atoms with E-state index in [-0.39, 0.29) is 11.3 Å². The first-order valence-corrected chi connectivity index (χ1v) is 11.8. The van der Waals surface area contributed by atoms with E-state index >= 15 is 0 Å². The predicted octanol–water partition coefficient (Wildman–Crippen LogP) is 5.24. The highest BCUT2D eigenvalue weighted by Gasteiger charge is 2.30. The lowest BCUT2D eigenvalue weighted by Gasteiger charge is -2.34. The minimum atomic E-state index is -0.131. The average Bonchev–Trinajstić information content (AvgIpc) is 2.77. The Morgan fingerprint density at radius 2 is 2.06 bits per heavy atom. The van der Waals surface area contributed by atoms with Crippen molar-refractivity contribution in [3.63, 3.8) is 0 Å². The number of nitrogens with zero attached hydrogens (tertiary/aromatic N) is 2. The molecule has 1 amide bonds. The van der Waals surface area contributed by atoms with Crippen LogP contribution < -0.4 is 14.8 Å². The van der Waals surface area contributed by atoms with Gasteiger partial charge in [-0.2, -0.15) is 5.26 Å². The highest BCUT2D eigenvalue weighted by molar-refractivity contribution is 7.99. The number of fused-ring (bicyclic) bond motifs is 1. The summed E-state index contributed by atoms with van der Waals surface area (Å²) < 4.78 is 10.5. The molecule has 1 unspecified atom stereocenters. The van der Waals surface area contributed by atoms with E-state index in [2.05, 4.69) is 32.2 Å². The van der Waals surface area contributed by atoms with Gasteiger partial charge in [0.1, 0.15) is 22.6 Å². The number of hydrogen-bond acceptors (Lipinski definition) is 6. The molecule has 0 saturated heterocycles. The molecule has 32 heavy (non-hydrogen) atoms. The van der Waals surface area contributed by atoms with Crippen LogP contribution in [-0.2, 0) is 17.6 Å². The number of carbonyl (C=O) groups excluding carboxylic acids is 1. The Kier molecular flexibility index (Phi) is 7.68. The van der Waals surface area contributed by atoms with Gasteiger partial charge in [0.2, 0.25) is 5.91 Å². The molecule has 0 aliphatic heterocycles. The number of nitrogens with one attached hydrogen (secondary N) is 1. The molecule has 1 aromatic heterocycles. The monoisotopic (exact) mass is 453 g/mol. The van der Waals surface area contributed by atoms with Crippen LogP contribution in [0, 0.1) is 22.7 Å². The molecule has 0 fully saturated rings. The number of ether oxygens (including phenoxy) is 2. The van der Waals surface area contributed by atoms with Crippen LogP contribution in [0.4, 0.5) is 5.69 Å². The second-order valence-electron chi connectivity index (χ2n) is 9.08. The minimum Gasteiger partial charge on any atom is -0.497 e. The van der Waals surface area contributed by atoms with Gasteiger partial charge in [-0.1, -0.05) is 20.8 Å². The minimum absolute atomic E-state index is 0.131. The first-order valence-electron chi connectivity index (χ1n) is 10.8. The van der Waals surface area contributed by atoms with Gasteiger partial charge in [0.05, 0.1) is 25.5 Å². The van der Waals surface area contributed by atoms with E-state index in [1.54, 1.807) is 32.4 Å². The van der Waals surface area contributed by atoms with Crippen LogP contribution in [0.15, 0.2) is 29.3 Å². The lowest BCUT2D eigenvalue weighted by molar-refractivity contribution is -0.115. The van der Waals surface area contributed by atoms with Crippen LogP contribution in [0.1, 0.15) is 50.4 Å². The lowest BCUT2D eigenvalue weighted by Crippen LogP contribution is -2.27. The number of methoxy groups -OCH3 is 2. The number of amides is 1. The van der Waals surface area contributed by atoms with E-state index in [0.717, 1.165) is 25.0 Å². The van der Waals surface area contributed by atoms with Crippen molar-refractivity contribution in [2.45, 2.75) is 51.5 Å². The Hall–Kier alpha value is -2.72. The summed E-state index contributed by atoms with van der Waals surface area (Å²) in [6, 6.07) is 9.55. The summed E-state index contributed by atoms with van der Waals surface area (Å²) in [6.45, 7) is 6.83. The van der Waals surface area contributed by atoms with Crippen LogP contribution in [0.25, 0.3) is 0 Å². The number of benzene rings is 1. The lowest BCUT2D eigenvalue weighted by atomic mass is 9.71. The topological polar surface area (TPSA) is 84.2 Å². The zero-order valence-corrected chi connectivity index (χ0v) is 20.3. The quantitative estimate of drug-likeness (QED) is 0.577. The van der Waals surface area contributed by atoms with Gasteiger partial charge in [-0.15, -0.1) is 11.8 Å². The molecule has 6 nitrogen and oxygen atoms in total. The van der Waals surface area contributed by atoms with Crippen molar-refractivity contribution in [2.24, 2.45) is 11.3 Å². The van der Waals surface area contributed by atoms with Crippen LogP contribution in [0.5, 0.6) is 11.5 Å². The summed E-state index contributed by atoms with van der Waals surface area (Å²) in [5.74, 6) is 2.21. The molecule has 1 aliphatic carbocycles. The van der Waals surface area contributed by atoms with Crippen LogP contribution in [0.2, 0.25) is 0 Å². The van der Waals surface area contributed by atoms with Crippen molar-refractivity contribution < 1.29 is 14.3 Å². The number of nitriles is 1. The Morgan fingerprint density at radius 3 is 2.72 bits per heavy atom. The summed E-state index contributed by atoms with van der Waals surface area (Å²) >= 11 is 1.46. The summed E-state index contributed by atoms with van der Waals surface area (Å²) in [4.78, 5) is 17.3. The van der Waals surface area contributed by atoms with Crippen LogP contribution >= 0.6 is 11.8 Å². The first-order chi connectivity index (χ1) is 15.2. The maximum absolute atomic E-state index is 12.5. The van der Waals surface area contributed by atoms with Crippen molar-refractivity contribution in [1.29, 1.82) is 5.26 Å². The molecule has 170 valence electrons. The summed E-state index contributed by atoms with van der Waals surface area (Å²) in [6.07, 6.45) is 3.31. The summed E-state index contributed by atoms with van der Waals surface area (Å²) in [5.41, 5.74) is 3.70. The molecule has 0 bridgehead atoms. The Labute approximate surface area is 194 Å². The zero-order valence-electron chi connectivity index (χ0n) is 19.4. The van der Waals surface area contributed by atoms with E-state index in [9.17, 15) is 10.1 Å². The van der Waals surface area contributed by atoms with Gasteiger partial charge in [0.15, 0.2) is 0 Å². The highest BCUT2D eigenvalue weighted by atomic mass is 32.2. The molecule has 1 aromatic carbocycles. The van der Waals surface area contributed by atoms with Gasteiger partial charge in [-0.05, 0) is 54.4 Å². The fourth-order valence-electron chi connectivity index (χ4n) is 3.94. The number of pyridine rings is 1. The van der Waals surface area contributed by atoms with Gasteiger partial charge < -0.3 is 14.8 Å². The molecule has 2 aromatic rings. The molecule has 1 N–H and O–H groups in total. The number of thioether (sulfide) groups is 1. The number of hydrogen-bond donors (Lipinski definition) is 1. The van der Waals surface area contributed by atoms with Gasteiger partial charge in [0, 0.05) is 23.9 Å². The highest BCUT2D eigenvalue weighted by Crippen LogP contribution is 2.38. The number of anilines is 1. The number of aryl methyl sites for hydroxylation is 1. The third-order valence-corrected chi connectivity index (χ3v) is 6.94. The molecule has 0 radical (unpaired) electrons. The number of aromatic nitrogens is 1. The van der Waals surface area contributed by atoms with Crippen molar-refractivity contribution in [3.8, 4) is 17.6 Å². The van der Waals surface area contributed by atoms with Crippen molar-refractivity contribution >= 4 is 23.4 Å². The van der Waals surface area contributed by atoms with Gasteiger partial charge in [-0.3, -0.25) is 4.79 Å². The van der Waals surface area contributed by atoms with Gasteiger partial charge >= 0.3 is 0 Å². The maximum Gasteiger partial charge on any atom is 0.225 e. The largest absolute Gasteiger partial charge is 0.497 e. The van der Waals surface area contributed by atoms with E-state index in [1.165, 1.54) is 17.3 Å². The van der Waals surface area contributed by atoms with E-state index in [4.69, 9.17) is 14.5 Å². The number of rotatable bonds is 7. The molecule has 1 aliphatic rings. The predicted molar refractivity (Wildman–Crippen MR) is 127 cm³/mol. The fourth-order valence-corrected chi connectivity index (χ4v) is 4.86. The Balaban J connectivity index is 1.63. The molecular weight excluding hydrogens is 422 g/mol. The first kappa shape index (κ1) is 23.9. The standard InChI is InChI=1S/C25H31N3O3S/c1-25(2,3)18-6-8-20-16(13-18)12-17(15-26)24(28-20)32-11-10-23(29)27-21-14-19(30-4)7-9-22(21)31-5/h7,9,12,14,18H,6,8,10-11,13H2,1-5H3,(H,27,29). The molecule has 3 rings (SSSR count).